The van der Waals surface area contributed by atoms with Crippen LogP contribution in [0.3, 0.4) is 0 Å². The molecule has 0 spiro atoms. The number of anilines is 1. The Hall–Kier alpha value is -1.35. The smallest absolute Gasteiger partial charge is 0.230 e. The predicted molar refractivity (Wildman–Crippen MR) is 79.1 cm³/mol. The first-order valence-corrected chi connectivity index (χ1v) is 7.04. The molecule has 3 heteroatoms. The van der Waals surface area contributed by atoms with Crippen molar-refractivity contribution in [2.75, 3.05) is 18.0 Å². The van der Waals surface area contributed by atoms with Gasteiger partial charge in [0.05, 0.1) is 0 Å². The van der Waals surface area contributed by atoms with Crippen molar-refractivity contribution in [1.82, 2.24) is 0 Å². The van der Waals surface area contributed by atoms with Gasteiger partial charge < -0.3 is 10.6 Å². The highest BCUT2D eigenvalue weighted by Gasteiger charge is 2.52. The molecule has 1 atom stereocenters. The molecule has 1 amide bonds. The summed E-state index contributed by atoms with van der Waals surface area (Å²) in [4.78, 5) is 14.5. The first kappa shape index (κ1) is 14.1. The molecule has 0 heterocycles. The van der Waals surface area contributed by atoms with Gasteiger partial charge in [-0.25, -0.2) is 0 Å². The molecule has 1 aliphatic rings. The van der Waals surface area contributed by atoms with Crippen LogP contribution in [0.5, 0.6) is 0 Å². The molecule has 104 valence electrons. The van der Waals surface area contributed by atoms with Gasteiger partial charge in [0.15, 0.2) is 0 Å². The zero-order chi connectivity index (χ0) is 14.0. The maximum absolute atomic E-state index is 12.6. The fraction of sp³-hybridized carbons (Fsp3) is 0.562. The molecule has 2 N–H and O–H groups in total. The van der Waals surface area contributed by atoms with E-state index in [1.54, 1.807) is 0 Å². The van der Waals surface area contributed by atoms with Gasteiger partial charge in [-0.15, -0.1) is 0 Å². The van der Waals surface area contributed by atoms with E-state index in [2.05, 4.69) is 32.9 Å². The number of carbonyl (C=O) groups is 1. The van der Waals surface area contributed by atoms with E-state index in [1.165, 1.54) is 5.56 Å². The number of hydrogen-bond acceptors (Lipinski definition) is 2. The Balaban J connectivity index is 2.16. The van der Waals surface area contributed by atoms with Gasteiger partial charge in [0.25, 0.3) is 0 Å². The van der Waals surface area contributed by atoms with E-state index in [1.807, 2.05) is 17.0 Å². The molecular formula is C16H24N2O. The number of rotatable bonds is 5. The normalized spacial score (nSPS) is 20.1. The lowest BCUT2D eigenvalue weighted by Gasteiger charge is -2.23. The van der Waals surface area contributed by atoms with E-state index >= 15 is 0 Å². The molecule has 1 saturated carbocycles. The topological polar surface area (TPSA) is 46.3 Å². The highest BCUT2D eigenvalue weighted by molar-refractivity contribution is 5.97. The summed E-state index contributed by atoms with van der Waals surface area (Å²) in [7, 11) is 0. The molecule has 0 aromatic heterocycles. The van der Waals surface area contributed by atoms with E-state index in [0.29, 0.717) is 13.1 Å². The zero-order valence-corrected chi connectivity index (χ0v) is 12.1. The summed E-state index contributed by atoms with van der Waals surface area (Å²) in [5, 5.41) is 0. The van der Waals surface area contributed by atoms with Crippen molar-refractivity contribution in [2.24, 2.45) is 17.1 Å². The van der Waals surface area contributed by atoms with Gasteiger partial charge in [-0.05, 0) is 43.9 Å². The third-order valence-electron chi connectivity index (χ3n) is 4.01. The molecule has 1 aromatic rings. The largest absolute Gasteiger partial charge is 0.330 e. The fourth-order valence-corrected chi connectivity index (χ4v) is 2.42. The number of aryl methyl sites for hydroxylation is 1. The summed E-state index contributed by atoms with van der Waals surface area (Å²) in [5.74, 6) is 0.425. The number of carbonyl (C=O) groups excluding carboxylic acids is 1. The van der Waals surface area contributed by atoms with Gasteiger partial charge in [0.1, 0.15) is 0 Å². The molecule has 1 aromatic carbocycles. The Morgan fingerprint density at radius 2 is 1.95 bits per heavy atom. The van der Waals surface area contributed by atoms with Gasteiger partial charge >= 0.3 is 0 Å². The van der Waals surface area contributed by atoms with Gasteiger partial charge in [-0.1, -0.05) is 31.5 Å². The first-order valence-electron chi connectivity index (χ1n) is 7.04. The molecule has 0 aliphatic heterocycles. The van der Waals surface area contributed by atoms with E-state index in [4.69, 9.17) is 5.73 Å². The lowest BCUT2D eigenvalue weighted by molar-refractivity contribution is -0.120. The molecule has 0 bridgehead atoms. The molecule has 1 unspecified atom stereocenters. The number of hydrogen-bond donors (Lipinski definition) is 1. The van der Waals surface area contributed by atoms with Crippen LogP contribution in [-0.4, -0.2) is 19.0 Å². The van der Waals surface area contributed by atoms with Crippen molar-refractivity contribution in [1.29, 1.82) is 0 Å². The van der Waals surface area contributed by atoms with E-state index in [9.17, 15) is 4.79 Å². The van der Waals surface area contributed by atoms with Crippen molar-refractivity contribution in [3.8, 4) is 0 Å². The standard InChI is InChI=1S/C16H24N2O/c1-12-5-7-13(8-6-12)18(10-4-9-17)15(19)14-11-16(14,2)3/h5-8,14H,4,9-11,17H2,1-3H3. The molecule has 3 nitrogen and oxygen atoms in total. The minimum atomic E-state index is 0.169. The molecule has 1 fully saturated rings. The minimum Gasteiger partial charge on any atom is -0.330 e. The highest BCUT2D eigenvalue weighted by Crippen LogP contribution is 2.52. The van der Waals surface area contributed by atoms with Gasteiger partial charge in [0, 0.05) is 18.2 Å². The number of amides is 1. The van der Waals surface area contributed by atoms with Crippen molar-refractivity contribution in [3.05, 3.63) is 29.8 Å². The minimum absolute atomic E-state index is 0.169. The van der Waals surface area contributed by atoms with Crippen molar-refractivity contribution < 1.29 is 4.79 Å². The Bertz CT molecular complexity index is 450. The number of benzene rings is 1. The first-order chi connectivity index (χ1) is 8.95. The van der Waals surface area contributed by atoms with Crippen LogP contribution in [0.2, 0.25) is 0 Å². The Morgan fingerprint density at radius 3 is 2.42 bits per heavy atom. The summed E-state index contributed by atoms with van der Waals surface area (Å²) < 4.78 is 0. The zero-order valence-electron chi connectivity index (χ0n) is 12.1. The number of nitrogens with two attached hydrogens (primary N) is 1. The molecular weight excluding hydrogens is 236 g/mol. The second kappa shape index (κ2) is 5.33. The average molecular weight is 260 g/mol. The van der Waals surface area contributed by atoms with Crippen LogP contribution in [0.4, 0.5) is 5.69 Å². The maximum Gasteiger partial charge on any atom is 0.230 e. The average Bonchev–Trinajstić information content (AvgIpc) is 3.01. The summed E-state index contributed by atoms with van der Waals surface area (Å²) in [6.07, 6.45) is 1.84. The van der Waals surface area contributed by atoms with Crippen molar-refractivity contribution >= 4 is 11.6 Å². The van der Waals surface area contributed by atoms with Crippen LogP contribution in [0, 0.1) is 18.3 Å². The van der Waals surface area contributed by atoms with Crippen LogP contribution >= 0.6 is 0 Å². The van der Waals surface area contributed by atoms with Crippen LogP contribution < -0.4 is 10.6 Å². The van der Waals surface area contributed by atoms with E-state index < -0.39 is 0 Å². The monoisotopic (exact) mass is 260 g/mol. The SMILES string of the molecule is Cc1ccc(N(CCCN)C(=O)C2CC2(C)C)cc1. The summed E-state index contributed by atoms with van der Waals surface area (Å²) in [6.45, 7) is 7.70. The summed E-state index contributed by atoms with van der Waals surface area (Å²) in [5.41, 5.74) is 7.96. The van der Waals surface area contributed by atoms with E-state index in [-0.39, 0.29) is 17.2 Å². The Morgan fingerprint density at radius 1 is 1.37 bits per heavy atom. The quantitative estimate of drug-likeness (QED) is 0.884. The van der Waals surface area contributed by atoms with E-state index in [0.717, 1.165) is 18.5 Å². The summed E-state index contributed by atoms with van der Waals surface area (Å²) in [6, 6.07) is 8.16. The molecule has 0 radical (unpaired) electrons. The van der Waals surface area contributed by atoms with Gasteiger partial charge in [-0.2, -0.15) is 0 Å². The second-order valence-electron chi connectivity index (χ2n) is 6.21. The van der Waals surface area contributed by atoms with Gasteiger partial charge in [0.2, 0.25) is 5.91 Å². The second-order valence-corrected chi connectivity index (χ2v) is 6.21. The Kier molecular flexibility index (Phi) is 3.95. The predicted octanol–water partition coefficient (Wildman–Crippen LogP) is 2.72. The molecule has 19 heavy (non-hydrogen) atoms. The molecule has 0 saturated heterocycles. The lowest BCUT2D eigenvalue weighted by atomic mass is 10.1. The van der Waals surface area contributed by atoms with Crippen molar-refractivity contribution in [2.45, 2.75) is 33.6 Å². The van der Waals surface area contributed by atoms with Gasteiger partial charge in [-0.3, -0.25) is 4.79 Å². The highest BCUT2D eigenvalue weighted by atomic mass is 16.2. The van der Waals surface area contributed by atoms with Crippen LogP contribution in [0.25, 0.3) is 0 Å². The van der Waals surface area contributed by atoms with Crippen LogP contribution in [0.1, 0.15) is 32.3 Å². The maximum atomic E-state index is 12.6. The summed E-state index contributed by atoms with van der Waals surface area (Å²) >= 11 is 0. The Labute approximate surface area is 115 Å². The van der Waals surface area contributed by atoms with Crippen molar-refractivity contribution in [3.63, 3.8) is 0 Å². The molecule has 2 rings (SSSR count). The van der Waals surface area contributed by atoms with Crippen LogP contribution in [-0.2, 0) is 4.79 Å². The third-order valence-corrected chi connectivity index (χ3v) is 4.01. The lowest BCUT2D eigenvalue weighted by Crippen LogP contribution is -2.35. The third kappa shape index (κ3) is 3.16. The van der Waals surface area contributed by atoms with Crippen LogP contribution in [0.15, 0.2) is 24.3 Å². The molecule has 1 aliphatic carbocycles. The fourth-order valence-electron chi connectivity index (χ4n) is 2.42. The number of nitrogens with zero attached hydrogens (tertiary/aromatic N) is 1.